The molecule has 1 aromatic carbocycles. The molecule has 0 radical (unpaired) electrons. The highest BCUT2D eigenvalue weighted by Gasteiger charge is 2.16. The summed E-state index contributed by atoms with van der Waals surface area (Å²) in [5, 5.41) is 33.5. The van der Waals surface area contributed by atoms with Gasteiger partial charge in [-0.25, -0.2) is 0 Å². The van der Waals surface area contributed by atoms with Crippen molar-refractivity contribution in [2.24, 2.45) is 0 Å². The summed E-state index contributed by atoms with van der Waals surface area (Å²) in [4.78, 5) is 22.6. The Morgan fingerprint density at radius 3 is 2.74 bits per heavy atom. The van der Waals surface area contributed by atoms with Crippen LogP contribution in [0.4, 0.5) is 5.69 Å². The van der Waals surface area contributed by atoms with Gasteiger partial charge in [-0.3, -0.25) is 14.9 Å². The van der Waals surface area contributed by atoms with Gasteiger partial charge in [-0.15, -0.1) is 11.3 Å². The average molecular weight is 329 g/mol. The van der Waals surface area contributed by atoms with E-state index in [4.69, 9.17) is 10.00 Å². The second-order valence-corrected chi connectivity index (χ2v) is 5.25. The molecule has 0 bridgehead atoms. The molecule has 2 rings (SSSR count). The number of carbonyl (C=O) groups excluding carboxylic acids is 1. The third kappa shape index (κ3) is 3.36. The lowest BCUT2D eigenvalue weighted by Crippen LogP contribution is -2.02. The van der Waals surface area contributed by atoms with Crippen molar-refractivity contribution in [3.8, 4) is 17.6 Å². The van der Waals surface area contributed by atoms with Crippen LogP contribution in [0, 0.1) is 21.4 Å². The van der Waals surface area contributed by atoms with Gasteiger partial charge in [0.2, 0.25) is 5.78 Å². The minimum atomic E-state index is -0.863. The molecule has 8 heteroatoms. The molecule has 0 unspecified atom stereocenters. The number of ether oxygens (including phenoxy) is 1. The number of carbonyl (C=O) groups is 1. The summed E-state index contributed by atoms with van der Waals surface area (Å²) in [6.07, 6.45) is 1.19. The van der Waals surface area contributed by atoms with Gasteiger partial charge in [0.25, 0.3) is 5.69 Å². The van der Waals surface area contributed by atoms with Gasteiger partial charge in [0.1, 0.15) is 17.4 Å². The number of Topliss-reactive ketones (excluding diaryl/α,β-unsaturated/α-hetero) is 1. The van der Waals surface area contributed by atoms with Crippen LogP contribution in [-0.4, -0.2) is 17.8 Å². The van der Waals surface area contributed by atoms with Crippen LogP contribution in [0.3, 0.4) is 0 Å². The van der Waals surface area contributed by atoms with Gasteiger partial charge < -0.3 is 9.84 Å². The van der Waals surface area contributed by atoms with E-state index < -0.39 is 22.1 Å². The fraction of sp³-hybridized carbons (Fsp3) is 0.0667. The molecule has 2 aromatic rings. The monoisotopic (exact) mass is 329 g/mol. The topological polar surface area (TPSA) is 116 Å². The van der Waals surface area contributed by atoms with Gasteiger partial charge in [-0.2, -0.15) is 5.26 Å². The smallest absolute Gasteiger partial charge is 0.266 e. The summed E-state index contributed by atoms with van der Waals surface area (Å²) < 4.78 is 4.81. The molecular weight excluding hydrogens is 320 g/mol. The Balaban J connectivity index is 2.52. The van der Waals surface area contributed by atoms with Gasteiger partial charge >= 0.3 is 0 Å². The maximum Gasteiger partial charge on any atom is 0.266 e. The van der Waals surface area contributed by atoms with Crippen LogP contribution < -0.4 is 9.84 Å². The van der Waals surface area contributed by atoms with Crippen LogP contribution >= 0.6 is 11.3 Å². The summed E-state index contributed by atoms with van der Waals surface area (Å²) in [7, 11) is 1.20. The molecule has 0 spiro atoms. The Morgan fingerprint density at radius 1 is 1.48 bits per heavy atom. The number of hydrogen-bond donors (Lipinski definition) is 0. The Kier molecular flexibility index (Phi) is 4.73. The molecular formula is C15H9N2O5S-. The molecule has 23 heavy (non-hydrogen) atoms. The second-order valence-electron chi connectivity index (χ2n) is 4.30. The third-order valence-electron chi connectivity index (χ3n) is 2.90. The number of benzene rings is 1. The fourth-order valence-electron chi connectivity index (χ4n) is 1.83. The summed E-state index contributed by atoms with van der Waals surface area (Å²) in [6, 6.07) is 7.26. The van der Waals surface area contributed by atoms with Crippen molar-refractivity contribution in [2.45, 2.75) is 0 Å². The van der Waals surface area contributed by atoms with Crippen molar-refractivity contribution >= 4 is 28.9 Å². The lowest BCUT2D eigenvalue weighted by atomic mass is 10.1. The van der Waals surface area contributed by atoms with Gasteiger partial charge in [0.05, 0.1) is 16.9 Å². The molecule has 0 saturated heterocycles. The van der Waals surface area contributed by atoms with Gasteiger partial charge in [-0.05, 0) is 29.2 Å². The summed E-state index contributed by atoms with van der Waals surface area (Å²) >= 11 is 1.18. The quantitative estimate of drug-likeness (QED) is 0.273. The van der Waals surface area contributed by atoms with Crippen LogP contribution in [0.5, 0.6) is 11.5 Å². The molecule has 0 aliphatic carbocycles. The number of nitrogens with zero attached hydrogens (tertiary/aromatic N) is 2. The van der Waals surface area contributed by atoms with Crippen LogP contribution in [0.15, 0.2) is 35.2 Å². The minimum absolute atomic E-state index is 0.162. The molecule has 116 valence electrons. The van der Waals surface area contributed by atoms with Crippen molar-refractivity contribution in [3.05, 3.63) is 55.8 Å². The van der Waals surface area contributed by atoms with Gasteiger partial charge in [0, 0.05) is 11.8 Å². The van der Waals surface area contributed by atoms with Gasteiger partial charge in [0.15, 0.2) is 0 Å². The van der Waals surface area contributed by atoms with E-state index >= 15 is 0 Å². The molecule has 0 fully saturated rings. The number of hydrogen-bond acceptors (Lipinski definition) is 7. The van der Waals surface area contributed by atoms with Crippen molar-refractivity contribution in [2.75, 3.05) is 7.11 Å². The summed E-state index contributed by atoms with van der Waals surface area (Å²) in [5.41, 5.74) is -0.714. The number of nitro benzene ring substituents is 1. The molecule has 0 N–H and O–H groups in total. The van der Waals surface area contributed by atoms with E-state index in [1.165, 1.54) is 30.6 Å². The van der Waals surface area contributed by atoms with E-state index in [1.807, 2.05) is 0 Å². The maximum absolute atomic E-state index is 12.2. The fourth-order valence-corrected chi connectivity index (χ4v) is 2.51. The predicted octanol–water partition coefficient (Wildman–Crippen LogP) is 2.53. The van der Waals surface area contributed by atoms with E-state index in [0.29, 0.717) is 4.88 Å². The van der Waals surface area contributed by atoms with Crippen LogP contribution in [0.25, 0.3) is 6.08 Å². The highest BCUT2D eigenvalue weighted by molar-refractivity contribution is 7.12. The maximum atomic E-state index is 12.2. The van der Waals surface area contributed by atoms with E-state index in [2.05, 4.69) is 0 Å². The minimum Gasteiger partial charge on any atom is -0.865 e. The number of methoxy groups -OCH3 is 1. The molecule has 0 atom stereocenters. The largest absolute Gasteiger partial charge is 0.865 e. The second kappa shape index (κ2) is 6.72. The zero-order valence-electron chi connectivity index (χ0n) is 11.8. The average Bonchev–Trinajstić information content (AvgIpc) is 3.07. The first-order valence-corrected chi connectivity index (χ1v) is 7.09. The zero-order chi connectivity index (χ0) is 17.0. The highest BCUT2D eigenvalue weighted by Crippen LogP contribution is 2.35. The van der Waals surface area contributed by atoms with Gasteiger partial charge in [-0.1, -0.05) is 6.07 Å². The zero-order valence-corrected chi connectivity index (χ0v) is 12.6. The SMILES string of the molecule is COc1cc(/C=C(\C#N)C(=O)c2cccs2)cc([N+](=O)[O-])c1[O-]. The van der Waals surface area contributed by atoms with Crippen LogP contribution in [-0.2, 0) is 0 Å². The Bertz CT molecular complexity index is 834. The molecule has 1 aromatic heterocycles. The lowest BCUT2D eigenvalue weighted by Gasteiger charge is -2.13. The first kappa shape index (κ1) is 16.2. The Labute approximate surface area is 134 Å². The summed E-state index contributed by atoms with van der Waals surface area (Å²) in [5.74, 6) is -1.58. The van der Waals surface area contributed by atoms with Crippen LogP contribution in [0.1, 0.15) is 15.2 Å². The van der Waals surface area contributed by atoms with E-state index in [9.17, 15) is 20.0 Å². The molecule has 0 aliphatic heterocycles. The predicted molar refractivity (Wildman–Crippen MR) is 81.3 cm³/mol. The molecule has 0 aliphatic rings. The number of nitro groups is 1. The first-order valence-electron chi connectivity index (χ1n) is 6.21. The van der Waals surface area contributed by atoms with E-state index in [0.717, 1.165) is 6.07 Å². The van der Waals surface area contributed by atoms with Crippen LogP contribution in [0.2, 0.25) is 0 Å². The standard InChI is InChI=1S/C15H10N2O5S/c1-22-12-7-9(6-11(15(12)19)17(20)21)5-10(8-16)14(18)13-3-2-4-23-13/h2-7,19H,1H3/p-1/b10-5+. The summed E-state index contributed by atoms with van der Waals surface area (Å²) in [6.45, 7) is 0. The number of rotatable bonds is 5. The molecule has 0 amide bonds. The van der Waals surface area contributed by atoms with Crippen molar-refractivity contribution in [3.63, 3.8) is 0 Å². The normalized spacial score (nSPS) is 10.9. The number of thiophene rings is 1. The third-order valence-corrected chi connectivity index (χ3v) is 3.76. The van der Waals surface area contributed by atoms with Crippen molar-refractivity contribution < 1.29 is 19.6 Å². The number of ketones is 1. The first-order chi connectivity index (χ1) is 11.0. The molecule has 7 nitrogen and oxygen atoms in total. The van der Waals surface area contributed by atoms with E-state index in [-0.39, 0.29) is 16.9 Å². The lowest BCUT2D eigenvalue weighted by molar-refractivity contribution is -0.398. The Hall–Kier alpha value is -3.18. The molecule has 0 saturated carbocycles. The van der Waals surface area contributed by atoms with Crippen molar-refractivity contribution in [1.29, 1.82) is 5.26 Å². The highest BCUT2D eigenvalue weighted by atomic mass is 32.1. The number of nitriles is 1. The van der Waals surface area contributed by atoms with Crippen molar-refractivity contribution in [1.82, 2.24) is 0 Å². The van der Waals surface area contributed by atoms with E-state index in [1.54, 1.807) is 23.6 Å². The Morgan fingerprint density at radius 2 is 2.22 bits per heavy atom. The number of allylic oxidation sites excluding steroid dienone is 1. The molecule has 1 heterocycles.